The number of carbonyl (C=O) groups is 1. The van der Waals surface area contributed by atoms with Crippen LogP contribution in [0.2, 0.25) is 0 Å². The van der Waals surface area contributed by atoms with Crippen molar-refractivity contribution in [2.24, 2.45) is 0 Å². The minimum absolute atomic E-state index is 0.118. The summed E-state index contributed by atoms with van der Waals surface area (Å²) in [5, 5.41) is 17.0. The Morgan fingerprint density at radius 1 is 1.22 bits per heavy atom. The van der Waals surface area contributed by atoms with E-state index in [9.17, 15) is 14.3 Å². The Labute approximate surface area is 160 Å². The van der Waals surface area contributed by atoms with Crippen molar-refractivity contribution in [2.45, 2.75) is 24.3 Å². The summed E-state index contributed by atoms with van der Waals surface area (Å²) >= 11 is 1.51. The average molecular weight is 383 g/mol. The Bertz CT molecular complexity index is 1020. The first-order chi connectivity index (χ1) is 12.9. The lowest BCUT2D eigenvalue weighted by atomic mass is 10.0. The molecule has 3 aromatic rings. The Morgan fingerprint density at radius 3 is 2.67 bits per heavy atom. The Morgan fingerprint density at radius 2 is 1.96 bits per heavy atom. The predicted molar refractivity (Wildman–Crippen MR) is 104 cm³/mol. The molecule has 1 aliphatic heterocycles. The molecule has 2 N–H and O–H groups in total. The lowest BCUT2D eigenvalue weighted by Crippen LogP contribution is -2.22. The molecule has 0 saturated heterocycles. The van der Waals surface area contributed by atoms with Crippen LogP contribution in [0, 0.1) is 12.7 Å². The number of thioether (sulfide) groups is 1. The number of carbonyl (C=O) groups excluding carboxylic acids is 1. The van der Waals surface area contributed by atoms with Crippen LogP contribution in [0.3, 0.4) is 0 Å². The molecule has 4 rings (SSSR count). The van der Waals surface area contributed by atoms with Crippen LogP contribution < -0.4 is 5.32 Å². The molecule has 1 aromatic heterocycles. The largest absolute Gasteiger partial charge is 0.508 e. The summed E-state index contributed by atoms with van der Waals surface area (Å²) in [5.41, 5.74) is 3.21. The lowest BCUT2D eigenvalue weighted by Gasteiger charge is -2.17. The number of benzene rings is 2. The van der Waals surface area contributed by atoms with E-state index in [0.717, 1.165) is 16.8 Å². The first-order valence-electron chi connectivity index (χ1n) is 8.55. The molecule has 1 amide bonds. The summed E-state index contributed by atoms with van der Waals surface area (Å²) in [4.78, 5) is 12.6. The van der Waals surface area contributed by atoms with Crippen LogP contribution in [0.4, 0.5) is 10.2 Å². The molecule has 27 heavy (non-hydrogen) atoms. The number of hydrogen-bond acceptors (Lipinski definition) is 4. The molecule has 2 aromatic carbocycles. The van der Waals surface area contributed by atoms with Gasteiger partial charge >= 0.3 is 0 Å². The zero-order valence-corrected chi connectivity index (χ0v) is 15.6. The first kappa shape index (κ1) is 17.6. The predicted octanol–water partition coefficient (Wildman–Crippen LogP) is 4.19. The van der Waals surface area contributed by atoms with Gasteiger partial charge in [0.2, 0.25) is 5.91 Å². The van der Waals surface area contributed by atoms with Gasteiger partial charge in [0.05, 0.1) is 21.9 Å². The zero-order valence-electron chi connectivity index (χ0n) is 14.8. The minimum atomic E-state index is -0.334. The van der Waals surface area contributed by atoms with Crippen LogP contribution in [0.5, 0.6) is 5.75 Å². The number of aryl methyl sites for hydroxylation is 1. The molecule has 2 heterocycles. The third-order valence-electron chi connectivity index (χ3n) is 4.56. The van der Waals surface area contributed by atoms with Crippen LogP contribution in [0.25, 0.3) is 5.69 Å². The number of anilines is 1. The molecule has 0 radical (unpaired) electrons. The summed E-state index contributed by atoms with van der Waals surface area (Å²) in [7, 11) is 0. The summed E-state index contributed by atoms with van der Waals surface area (Å²) in [6, 6.07) is 13.0. The summed E-state index contributed by atoms with van der Waals surface area (Å²) in [5.74, 6) is 0.301. The molecule has 0 fully saturated rings. The van der Waals surface area contributed by atoms with Gasteiger partial charge in [0, 0.05) is 5.56 Å². The van der Waals surface area contributed by atoms with Crippen LogP contribution in [-0.4, -0.2) is 26.0 Å². The quantitative estimate of drug-likeness (QED) is 0.696. The van der Waals surface area contributed by atoms with Gasteiger partial charge in [-0.05, 0) is 55.8 Å². The van der Waals surface area contributed by atoms with Crippen molar-refractivity contribution < 1.29 is 14.3 Å². The minimum Gasteiger partial charge on any atom is -0.508 e. The number of phenols is 1. The van der Waals surface area contributed by atoms with Crippen molar-refractivity contribution in [3.05, 3.63) is 71.2 Å². The van der Waals surface area contributed by atoms with Gasteiger partial charge in [0.15, 0.2) is 0 Å². The summed E-state index contributed by atoms with van der Waals surface area (Å²) < 4.78 is 15.0. The highest BCUT2D eigenvalue weighted by molar-refractivity contribution is 8.01. The molecule has 1 aliphatic rings. The zero-order chi connectivity index (χ0) is 19.1. The smallest absolute Gasteiger partial charge is 0.238 e. The van der Waals surface area contributed by atoms with Gasteiger partial charge in [-0.1, -0.05) is 12.1 Å². The number of rotatable bonds is 2. The Kier molecular flexibility index (Phi) is 4.39. The molecule has 2 atom stereocenters. The number of hydrogen-bond donors (Lipinski definition) is 2. The first-order valence-corrected chi connectivity index (χ1v) is 9.49. The van der Waals surface area contributed by atoms with Crippen molar-refractivity contribution in [3.63, 3.8) is 0 Å². The molecule has 7 heteroatoms. The Hall–Kier alpha value is -2.80. The van der Waals surface area contributed by atoms with Crippen LogP contribution in [0.1, 0.15) is 29.0 Å². The maximum absolute atomic E-state index is 13.3. The highest BCUT2D eigenvalue weighted by atomic mass is 32.2. The van der Waals surface area contributed by atoms with Crippen molar-refractivity contribution >= 4 is 23.5 Å². The van der Waals surface area contributed by atoms with Crippen molar-refractivity contribution in [3.8, 4) is 11.4 Å². The number of halogens is 1. The number of amides is 1. The van der Waals surface area contributed by atoms with Gasteiger partial charge in [0.25, 0.3) is 0 Å². The molecule has 5 nitrogen and oxygen atoms in total. The third-order valence-corrected chi connectivity index (χ3v) is 5.97. The van der Waals surface area contributed by atoms with E-state index in [1.54, 1.807) is 35.0 Å². The van der Waals surface area contributed by atoms with Gasteiger partial charge in [-0.25, -0.2) is 9.07 Å². The monoisotopic (exact) mass is 383 g/mol. The molecule has 138 valence electrons. The van der Waals surface area contributed by atoms with E-state index in [1.165, 1.54) is 23.9 Å². The highest BCUT2D eigenvalue weighted by Gasteiger charge is 2.34. The number of aromatic nitrogens is 2. The van der Waals surface area contributed by atoms with Crippen molar-refractivity contribution in [1.29, 1.82) is 0 Å². The standard InChI is InChI=1S/C20H18FN3O2S/c1-11-17-18(13-4-3-5-16(25)10-13)27-12(2)20(26)22-19(17)24(23-11)15-8-6-14(21)7-9-15/h3-10,12,18,25H,1-2H3,(H,22,26)/t12-,18-/m1/s1. The molecule has 0 saturated carbocycles. The highest BCUT2D eigenvalue weighted by Crippen LogP contribution is 2.46. The number of aromatic hydroxyl groups is 1. The second-order valence-corrected chi connectivity index (χ2v) is 7.93. The Balaban J connectivity index is 1.91. The molecular formula is C20H18FN3O2S. The third kappa shape index (κ3) is 3.19. The summed E-state index contributed by atoms with van der Waals surface area (Å²) in [6.07, 6.45) is 0. The SMILES string of the molecule is Cc1nn(-c2ccc(F)cc2)c2c1[C@@H](c1cccc(O)c1)S[C@H](C)C(=O)N2. The van der Waals surface area contributed by atoms with Gasteiger partial charge in [-0.15, -0.1) is 11.8 Å². The average Bonchev–Trinajstić information content (AvgIpc) is 2.88. The van der Waals surface area contributed by atoms with Gasteiger partial charge in [0.1, 0.15) is 17.4 Å². The van der Waals surface area contributed by atoms with Crippen LogP contribution in [0.15, 0.2) is 48.5 Å². The number of phenolic OH excluding ortho intramolecular Hbond substituents is 1. The van der Waals surface area contributed by atoms with Crippen LogP contribution in [-0.2, 0) is 4.79 Å². The molecule has 0 unspecified atom stereocenters. The molecule has 0 bridgehead atoms. The maximum Gasteiger partial charge on any atom is 0.238 e. The number of fused-ring (bicyclic) bond motifs is 1. The van der Waals surface area contributed by atoms with Crippen molar-refractivity contribution in [1.82, 2.24) is 9.78 Å². The lowest BCUT2D eigenvalue weighted by molar-refractivity contribution is -0.115. The fourth-order valence-electron chi connectivity index (χ4n) is 3.23. The number of nitrogens with zero attached hydrogens (tertiary/aromatic N) is 2. The topological polar surface area (TPSA) is 67.1 Å². The molecule has 0 aliphatic carbocycles. The van der Waals surface area contributed by atoms with E-state index in [1.807, 2.05) is 19.9 Å². The van der Waals surface area contributed by atoms with E-state index in [4.69, 9.17) is 0 Å². The van der Waals surface area contributed by atoms with E-state index in [0.29, 0.717) is 11.5 Å². The molecule has 0 spiro atoms. The maximum atomic E-state index is 13.3. The molecular weight excluding hydrogens is 365 g/mol. The van der Waals surface area contributed by atoms with Gasteiger partial charge in [-0.2, -0.15) is 5.10 Å². The second kappa shape index (κ2) is 6.74. The van der Waals surface area contributed by atoms with Gasteiger partial charge < -0.3 is 10.4 Å². The van der Waals surface area contributed by atoms with E-state index in [2.05, 4.69) is 10.4 Å². The number of nitrogens with one attached hydrogen (secondary N) is 1. The fourth-order valence-corrected chi connectivity index (χ4v) is 4.54. The van der Waals surface area contributed by atoms with E-state index < -0.39 is 0 Å². The van der Waals surface area contributed by atoms with E-state index in [-0.39, 0.29) is 28.0 Å². The van der Waals surface area contributed by atoms with Crippen LogP contribution >= 0.6 is 11.8 Å². The van der Waals surface area contributed by atoms with Crippen molar-refractivity contribution in [2.75, 3.05) is 5.32 Å². The van der Waals surface area contributed by atoms with E-state index >= 15 is 0 Å². The second-order valence-electron chi connectivity index (χ2n) is 6.48. The normalized spacial score (nSPS) is 19.3. The van der Waals surface area contributed by atoms with Gasteiger partial charge in [-0.3, -0.25) is 4.79 Å². The summed E-state index contributed by atoms with van der Waals surface area (Å²) in [6.45, 7) is 3.74. The fraction of sp³-hybridized carbons (Fsp3) is 0.200.